The fourth-order valence-electron chi connectivity index (χ4n) is 4.60. The van der Waals surface area contributed by atoms with E-state index in [2.05, 4.69) is 36.9 Å². The molecule has 2 aromatic carbocycles. The summed E-state index contributed by atoms with van der Waals surface area (Å²) in [5.41, 5.74) is 1.44. The number of carbonyl (C=O) groups is 1. The lowest BCUT2D eigenvalue weighted by Gasteiger charge is -2.34. The smallest absolute Gasteiger partial charge is 0.166 e. The summed E-state index contributed by atoms with van der Waals surface area (Å²) in [5.74, 6) is 0.590. The molecule has 3 rings (SSSR count). The van der Waals surface area contributed by atoms with E-state index >= 15 is 0 Å². The molecule has 1 unspecified atom stereocenters. The van der Waals surface area contributed by atoms with Gasteiger partial charge >= 0.3 is 0 Å². The van der Waals surface area contributed by atoms with Crippen LogP contribution in [0, 0.1) is 23.2 Å². The Labute approximate surface area is 185 Å². The molecule has 2 aromatic rings. The molecule has 3 nitrogen and oxygen atoms in total. The van der Waals surface area contributed by atoms with Crippen molar-refractivity contribution in [2.75, 3.05) is 19.6 Å². The minimum absolute atomic E-state index is 0.0978. The number of Topliss-reactive ketones (excluding diaryl/α,β-unsaturated/α-hetero) is 1. The molecule has 158 valence electrons. The van der Waals surface area contributed by atoms with E-state index in [1.54, 1.807) is 12.1 Å². The van der Waals surface area contributed by atoms with E-state index in [1.807, 2.05) is 30.3 Å². The predicted molar refractivity (Wildman–Crippen MR) is 123 cm³/mol. The van der Waals surface area contributed by atoms with E-state index in [9.17, 15) is 10.1 Å². The van der Waals surface area contributed by atoms with Gasteiger partial charge in [-0.1, -0.05) is 55.8 Å². The number of nitriles is 1. The molecule has 30 heavy (non-hydrogen) atoms. The topological polar surface area (TPSA) is 44.1 Å². The van der Waals surface area contributed by atoms with Crippen LogP contribution in [0.3, 0.4) is 0 Å². The maximum absolute atomic E-state index is 12.7. The zero-order chi connectivity index (χ0) is 21.6. The summed E-state index contributed by atoms with van der Waals surface area (Å²) < 4.78 is 0. The van der Waals surface area contributed by atoms with Crippen molar-refractivity contribution in [3.63, 3.8) is 0 Å². The maximum atomic E-state index is 12.7. The third-order valence-corrected chi connectivity index (χ3v) is 6.86. The molecule has 0 saturated carbocycles. The number of ketones is 1. The molecule has 1 atom stereocenters. The molecule has 1 fully saturated rings. The number of benzene rings is 2. The van der Waals surface area contributed by atoms with Crippen LogP contribution in [0.5, 0.6) is 0 Å². The van der Waals surface area contributed by atoms with Crippen LogP contribution in [-0.4, -0.2) is 30.3 Å². The highest BCUT2D eigenvalue weighted by molar-refractivity contribution is 6.30. The van der Waals surface area contributed by atoms with Gasteiger partial charge in [-0.05, 0) is 81.1 Å². The Kier molecular flexibility index (Phi) is 7.69. The predicted octanol–water partition coefficient (Wildman–Crippen LogP) is 6.13. The molecule has 1 aliphatic heterocycles. The quantitative estimate of drug-likeness (QED) is 0.480. The Balaban J connectivity index is 1.52. The molecule has 0 bridgehead atoms. The van der Waals surface area contributed by atoms with Crippen molar-refractivity contribution < 1.29 is 4.79 Å². The summed E-state index contributed by atoms with van der Waals surface area (Å²) in [5, 5.41) is 10.7. The summed E-state index contributed by atoms with van der Waals surface area (Å²) in [7, 11) is 0. The summed E-state index contributed by atoms with van der Waals surface area (Å²) in [6, 6.07) is 20.1. The van der Waals surface area contributed by atoms with E-state index in [0.29, 0.717) is 5.02 Å². The summed E-state index contributed by atoms with van der Waals surface area (Å²) in [4.78, 5) is 15.2. The molecule has 1 saturated heterocycles. The molecule has 0 spiro atoms. The average Bonchev–Trinajstić information content (AvgIpc) is 2.78. The first-order chi connectivity index (χ1) is 14.5. The van der Waals surface area contributed by atoms with Crippen molar-refractivity contribution in [1.29, 1.82) is 5.26 Å². The average molecular weight is 423 g/mol. The maximum Gasteiger partial charge on any atom is 0.166 e. The highest BCUT2D eigenvalue weighted by atomic mass is 35.5. The number of piperidine rings is 1. The number of nitrogens with zero attached hydrogens (tertiary/aromatic N) is 2. The van der Waals surface area contributed by atoms with Gasteiger partial charge in [0.05, 0.1) is 11.5 Å². The van der Waals surface area contributed by atoms with Crippen LogP contribution in [0.4, 0.5) is 0 Å². The number of likely N-dealkylation sites (tertiary alicyclic amines) is 1. The Bertz CT molecular complexity index is 864. The van der Waals surface area contributed by atoms with E-state index in [-0.39, 0.29) is 17.6 Å². The van der Waals surface area contributed by atoms with Gasteiger partial charge in [0.15, 0.2) is 5.78 Å². The van der Waals surface area contributed by atoms with Crippen molar-refractivity contribution in [1.82, 2.24) is 4.90 Å². The molecular formula is C26H31ClN2O. The molecule has 0 N–H and O–H groups in total. The first-order valence-corrected chi connectivity index (χ1v) is 11.3. The molecule has 0 amide bonds. The normalized spacial score (nSPS) is 17.4. The van der Waals surface area contributed by atoms with Crippen molar-refractivity contribution in [3.8, 4) is 6.07 Å². The molecule has 0 aromatic heterocycles. The van der Waals surface area contributed by atoms with Gasteiger partial charge in [-0.25, -0.2) is 0 Å². The highest BCUT2D eigenvalue weighted by Crippen LogP contribution is 2.36. The Morgan fingerprint density at radius 3 is 2.33 bits per heavy atom. The lowest BCUT2D eigenvalue weighted by molar-refractivity contribution is 0.0837. The zero-order valence-corrected chi connectivity index (χ0v) is 18.7. The summed E-state index contributed by atoms with van der Waals surface area (Å²) >= 11 is 5.93. The van der Waals surface area contributed by atoms with Crippen molar-refractivity contribution >= 4 is 17.4 Å². The number of carbonyl (C=O) groups excluding carboxylic acids is 1. The zero-order valence-electron chi connectivity index (χ0n) is 18.0. The lowest BCUT2D eigenvalue weighted by atomic mass is 9.70. The van der Waals surface area contributed by atoms with Crippen LogP contribution in [-0.2, 0) is 5.41 Å². The SMILES string of the molecule is CC(C)C(C#N)(CCCN1CCC(C(=O)c2ccc(Cl)cc2)CC1)c1ccccc1. The minimum atomic E-state index is -0.440. The van der Waals surface area contributed by atoms with Crippen LogP contribution in [0.25, 0.3) is 0 Å². The Morgan fingerprint density at radius 1 is 1.13 bits per heavy atom. The fourth-order valence-corrected chi connectivity index (χ4v) is 4.73. The first kappa shape index (κ1) is 22.5. The second-order valence-corrected chi connectivity index (χ2v) is 9.13. The van der Waals surface area contributed by atoms with Gasteiger partial charge in [0.1, 0.15) is 0 Å². The van der Waals surface area contributed by atoms with Gasteiger partial charge in [-0.15, -0.1) is 0 Å². The van der Waals surface area contributed by atoms with Crippen LogP contribution in [0.1, 0.15) is 55.5 Å². The first-order valence-electron chi connectivity index (χ1n) is 10.9. The molecule has 4 heteroatoms. The third-order valence-electron chi connectivity index (χ3n) is 6.61. The van der Waals surface area contributed by atoms with Gasteiger partial charge < -0.3 is 4.90 Å². The van der Waals surface area contributed by atoms with Crippen LogP contribution in [0.2, 0.25) is 5.02 Å². The summed E-state index contributed by atoms with van der Waals surface area (Å²) in [6.45, 7) is 7.14. The second kappa shape index (κ2) is 10.2. The lowest BCUT2D eigenvalue weighted by Crippen LogP contribution is -2.38. The molecule has 0 aliphatic carbocycles. The van der Waals surface area contributed by atoms with Gasteiger partial charge in [0, 0.05) is 16.5 Å². The Hall–Kier alpha value is -2.15. The monoisotopic (exact) mass is 422 g/mol. The highest BCUT2D eigenvalue weighted by Gasteiger charge is 2.35. The molecule has 1 heterocycles. The largest absolute Gasteiger partial charge is 0.303 e. The van der Waals surface area contributed by atoms with Crippen molar-refractivity contribution in [3.05, 3.63) is 70.7 Å². The number of halogens is 1. The minimum Gasteiger partial charge on any atom is -0.303 e. The van der Waals surface area contributed by atoms with E-state index < -0.39 is 5.41 Å². The number of rotatable bonds is 8. The van der Waals surface area contributed by atoms with Crippen LogP contribution < -0.4 is 0 Å². The Morgan fingerprint density at radius 2 is 1.77 bits per heavy atom. The second-order valence-electron chi connectivity index (χ2n) is 8.69. The van der Waals surface area contributed by atoms with E-state index in [4.69, 9.17) is 11.6 Å². The van der Waals surface area contributed by atoms with Gasteiger partial charge in [-0.3, -0.25) is 4.79 Å². The van der Waals surface area contributed by atoms with Crippen molar-refractivity contribution in [2.45, 2.75) is 44.9 Å². The van der Waals surface area contributed by atoms with Gasteiger partial charge in [-0.2, -0.15) is 5.26 Å². The number of hydrogen-bond donors (Lipinski definition) is 0. The van der Waals surface area contributed by atoms with E-state index in [0.717, 1.165) is 56.4 Å². The molecule has 0 radical (unpaired) electrons. The standard InChI is InChI=1S/C26H31ClN2O/c1-20(2)26(19-28,23-7-4-3-5-8-23)15-6-16-29-17-13-22(14-18-29)25(30)21-9-11-24(27)12-10-21/h3-5,7-12,20,22H,6,13-18H2,1-2H3. The fraction of sp³-hybridized carbons (Fsp3) is 0.462. The van der Waals surface area contributed by atoms with E-state index in [1.165, 1.54) is 0 Å². The van der Waals surface area contributed by atoms with Gasteiger partial charge in [0.25, 0.3) is 0 Å². The molecular weight excluding hydrogens is 392 g/mol. The summed E-state index contributed by atoms with van der Waals surface area (Å²) in [6.07, 6.45) is 3.63. The van der Waals surface area contributed by atoms with Crippen molar-refractivity contribution in [2.24, 2.45) is 11.8 Å². The molecule has 1 aliphatic rings. The van der Waals surface area contributed by atoms with Gasteiger partial charge in [0.2, 0.25) is 0 Å². The third kappa shape index (κ3) is 5.12. The van der Waals surface area contributed by atoms with Crippen LogP contribution in [0.15, 0.2) is 54.6 Å². The number of hydrogen-bond acceptors (Lipinski definition) is 3. The van der Waals surface area contributed by atoms with Crippen LogP contribution >= 0.6 is 11.6 Å².